The van der Waals surface area contributed by atoms with E-state index in [9.17, 15) is 4.79 Å². The van der Waals surface area contributed by atoms with Crippen molar-refractivity contribution in [3.63, 3.8) is 0 Å². The van der Waals surface area contributed by atoms with Crippen molar-refractivity contribution in [3.05, 3.63) is 0 Å². The minimum atomic E-state index is -0.750. The van der Waals surface area contributed by atoms with Gasteiger partial charge in [0.2, 0.25) is 0 Å². The van der Waals surface area contributed by atoms with Crippen LogP contribution in [0.4, 0.5) is 0 Å². The SMILES string of the molecule is CC(=O)OO.ClC(Cl)Cl. The Labute approximate surface area is 67.4 Å². The summed E-state index contributed by atoms with van der Waals surface area (Å²) in [4.78, 5) is 12.5. The van der Waals surface area contributed by atoms with Crippen molar-refractivity contribution in [2.24, 2.45) is 0 Å². The molecule has 0 aliphatic rings. The van der Waals surface area contributed by atoms with Gasteiger partial charge in [-0.05, 0) is 0 Å². The molecule has 0 fully saturated rings. The maximum absolute atomic E-state index is 9.34. The molecule has 0 radical (unpaired) electrons. The van der Waals surface area contributed by atoms with E-state index >= 15 is 0 Å². The molecule has 0 amide bonds. The second kappa shape index (κ2) is 8.30. The lowest BCUT2D eigenvalue weighted by Gasteiger charge is -1.76. The van der Waals surface area contributed by atoms with Gasteiger partial charge in [-0.15, -0.1) is 0 Å². The van der Waals surface area contributed by atoms with Crippen molar-refractivity contribution in [2.45, 2.75) is 11.2 Å². The highest BCUT2D eigenvalue weighted by atomic mass is 35.6. The Hall–Kier alpha value is 0.300. The maximum atomic E-state index is 9.34. The van der Waals surface area contributed by atoms with Crippen LogP contribution < -0.4 is 0 Å². The minimum absolute atomic E-state index is 0.690. The van der Waals surface area contributed by atoms with Gasteiger partial charge in [0.25, 0.3) is 0 Å². The third-order valence-electron chi connectivity index (χ3n) is 0.129. The molecule has 0 rings (SSSR count). The summed E-state index contributed by atoms with van der Waals surface area (Å²) in [6.45, 7) is 1.11. The number of hydrogen-bond donors (Lipinski definition) is 1. The number of carbonyl (C=O) groups excluding carboxylic acids is 1. The zero-order valence-electron chi connectivity index (χ0n) is 4.47. The first-order chi connectivity index (χ1) is 4.00. The minimum Gasteiger partial charge on any atom is -0.301 e. The predicted molar refractivity (Wildman–Crippen MR) is 35.7 cm³/mol. The summed E-state index contributed by atoms with van der Waals surface area (Å²) in [5, 5.41) is 7.29. The molecule has 0 spiro atoms. The maximum Gasteiger partial charge on any atom is 0.339 e. The van der Waals surface area contributed by atoms with Crippen LogP contribution in [-0.4, -0.2) is 15.5 Å². The Kier molecular flexibility index (Phi) is 11.1. The van der Waals surface area contributed by atoms with Gasteiger partial charge in [-0.1, -0.05) is 34.8 Å². The summed E-state index contributed by atoms with van der Waals surface area (Å²) in [6.07, 6.45) is 0. The molecule has 3 nitrogen and oxygen atoms in total. The van der Waals surface area contributed by atoms with E-state index in [2.05, 4.69) is 4.89 Å². The highest BCUT2D eigenvalue weighted by molar-refractivity contribution is 6.63. The van der Waals surface area contributed by atoms with Crippen LogP contribution in [0.25, 0.3) is 0 Å². The number of halogens is 3. The van der Waals surface area contributed by atoms with Crippen molar-refractivity contribution in [1.29, 1.82) is 0 Å². The topological polar surface area (TPSA) is 46.5 Å². The first kappa shape index (κ1) is 12.0. The van der Waals surface area contributed by atoms with Crippen molar-refractivity contribution in [2.75, 3.05) is 0 Å². The molecule has 0 heterocycles. The largest absolute Gasteiger partial charge is 0.339 e. The van der Waals surface area contributed by atoms with E-state index in [1.807, 2.05) is 0 Å². The van der Waals surface area contributed by atoms with Crippen molar-refractivity contribution < 1.29 is 14.9 Å². The summed E-state index contributed by atoms with van der Waals surface area (Å²) in [5.74, 6) is -0.690. The van der Waals surface area contributed by atoms with Crippen molar-refractivity contribution in [3.8, 4) is 0 Å². The molecule has 0 unspecified atom stereocenters. The predicted octanol–water partition coefficient (Wildman–Crippen LogP) is 2.01. The summed E-state index contributed by atoms with van der Waals surface area (Å²) in [5.41, 5.74) is 0. The lowest BCUT2D eigenvalue weighted by Crippen LogP contribution is -1.89. The van der Waals surface area contributed by atoms with E-state index in [1.165, 1.54) is 0 Å². The Morgan fingerprint density at radius 3 is 1.67 bits per heavy atom. The molecule has 0 aromatic carbocycles. The fourth-order valence-corrected chi connectivity index (χ4v) is 0. The molecule has 0 saturated carbocycles. The quantitative estimate of drug-likeness (QED) is 0.365. The fourth-order valence-electron chi connectivity index (χ4n) is 0. The molecular formula is C3H5Cl3O3. The monoisotopic (exact) mass is 194 g/mol. The van der Waals surface area contributed by atoms with Crippen LogP contribution >= 0.6 is 34.8 Å². The summed E-state index contributed by atoms with van der Waals surface area (Å²) in [6, 6.07) is 0. The van der Waals surface area contributed by atoms with Crippen molar-refractivity contribution >= 4 is 40.8 Å². The highest BCUT2D eigenvalue weighted by Crippen LogP contribution is 2.03. The van der Waals surface area contributed by atoms with Gasteiger partial charge in [-0.2, -0.15) is 5.26 Å². The lowest BCUT2D eigenvalue weighted by atomic mass is 10.9. The van der Waals surface area contributed by atoms with Crippen LogP contribution in [0.5, 0.6) is 0 Å². The first-order valence-corrected chi connectivity index (χ1v) is 3.05. The lowest BCUT2D eigenvalue weighted by molar-refractivity contribution is -0.231. The molecule has 0 atom stereocenters. The van der Waals surface area contributed by atoms with Crippen LogP contribution in [0, 0.1) is 0 Å². The molecule has 0 bridgehead atoms. The molecular weight excluding hydrogens is 190 g/mol. The van der Waals surface area contributed by atoms with E-state index < -0.39 is 10.3 Å². The van der Waals surface area contributed by atoms with Crippen LogP contribution in [0.1, 0.15) is 6.92 Å². The second-order valence-electron chi connectivity index (χ2n) is 0.830. The normalized spacial score (nSPS) is 7.78. The van der Waals surface area contributed by atoms with E-state index in [1.54, 1.807) is 0 Å². The van der Waals surface area contributed by atoms with Crippen LogP contribution in [0.15, 0.2) is 0 Å². The zero-order chi connectivity index (χ0) is 7.86. The van der Waals surface area contributed by atoms with Gasteiger partial charge >= 0.3 is 5.97 Å². The van der Waals surface area contributed by atoms with Gasteiger partial charge in [0.1, 0.15) is 0 Å². The zero-order valence-corrected chi connectivity index (χ0v) is 6.74. The highest BCUT2D eigenvalue weighted by Gasteiger charge is 1.79. The van der Waals surface area contributed by atoms with E-state index in [0.717, 1.165) is 6.92 Å². The summed E-state index contributed by atoms with van der Waals surface area (Å²) < 4.78 is -0.750. The number of alkyl halides is 3. The van der Waals surface area contributed by atoms with E-state index in [0.29, 0.717) is 0 Å². The average Bonchev–Trinajstić information content (AvgIpc) is 1.65. The fraction of sp³-hybridized carbons (Fsp3) is 0.667. The Balaban J connectivity index is 0. The Morgan fingerprint density at radius 2 is 1.67 bits per heavy atom. The van der Waals surface area contributed by atoms with Crippen LogP contribution in [0.3, 0.4) is 0 Å². The third kappa shape index (κ3) is 62.3. The molecule has 56 valence electrons. The van der Waals surface area contributed by atoms with Gasteiger partial charge in [0.15, 0.2) is 4.30 Å². The first-order valence-electron chi connectivity index (χ1n) is 1.75. The second-order valence-corrected chi connectivity index (χ2v) is 2.81. The molecule has 1 N–H and O–H groups in total. The van der Waals surface area contributed by atoms with Crippen LogP contribution in [-0.2, 0) is 9.68 Å². The van der Waals surface area contributed by atoms with E-state index in [-0.39, 0.29) is 0 Å². The molecule has 0 aromatic rings. The number of hydrogen-bond acceptors (Lipinski definition) is 3. The Bertz CT molecular complexity index is 71.9. The van der Waals surface area contributed by atoms with Gasteiger partial charge < -0.3 is 4.89 Å². The molecule has 6 heteroatoms. The third-order valence-corrected chi connectivity index (χ3v) is 0.129. The Morgan fingerprint density at radius 1 is 1.56 bits per heavy atom. The number of rotatable bonds is 0. The summed E-state index contributed by atoms with van der Waals surface area (Å²) in [7, 11) is 0. The summed E-state index contributed by atoms with van der Waals surface area (Å²) >= 11 is 14.4. The number of carbonyl (C=O) groups is 1. The standard InChI is InChI=1S/C2H4O3.CHCl3/c1-2(3)5-4;2-1(3)4/h4H,1H3;1H. The molecule has 0 aromatic heterocycles. The van der Waals surface area contributed by atoms with Crippen molar-refractivity contribution in [1.82, 2.24) is 0 Å². The molecule has 9 heavy (non-hydrogen) atoms. The van der Waals surface area contributed by atoms with Gasteiger partial charge in [-0.25, -0.2) is 4.79 Å². The smallest absolute Gasteiger partial charge is 0.301 e. The van der Waals surface area contributed by atoms with E-state index in [4.69, 9.17) is 40.1 Å². The average molecular weight is 195 g/mol. The molecule has 0 aliphatic carbocycles. The molecule has 0 saturated heterocycles. The van der Waals surface area contributed by atoms with Crippen LogP contribution in [0.2, 0.25) is 0 Å². The van der Waals surface area contributed by atoms with Gasteiger partial charge in [0.05, 0.1) is 0 Å². The van der Waals surface area contributed by atoms with Gasteiger partial charge in [-0.3, -0.25) is 0 Å². The van der Waals surface area contributed by atoms with Gasteiger partial charge in [0, 0.05) is 6.92 Å². The molecule has 0 aliphatic heterocycles.